The molecule has 2 aromatic carbocycles. The van der Waals surface area contributed by atoms with Crippen molar-refractivity contribution in [2.24, 2.45) is 0 Å². The largest absolute Gasteiger partial charge is 0.573 e. The van der Waals surface area contributed by atoms with Gasteiger partial charge >= 0.3 is 6.36 Å². The number of alkyl halides is 3. The van der Waals surface area contributed by atoms with Crippen LogP contribution in [0.1, 0.15) is 17.0 Å². The zero-order valence-corrected chi connectivity index (χ0v) is 14.7. The Kier molecular flexibility index (Phi) is 5.30. The molecule has 0 saturated heterocycles. The van der Waals surface area contributed by atoms with E-state index in [1.807, 2.05) is 25.1 Å². The molecule has 7 heteroatoms. The third-order valence-corrected chi connectivity index (χ3v) is 3.91. The van der Waals surface area contributed by atoms with Gasteiger partial charge in [-0.05, 0) is 66.4 Å². The smallest absolute Gasteiger partial charge is 0.486 e. The average molecular weight is 374 g/mol. The van der Waals surface area contributed by atoms with Crippen LogP contribution < -0.4 is 9.47 Å². The first kappa shape index (κ1) is 18.7. The number of hydrogen-bond acceptors (Lipinski definition) is 4. The lowest BCUT2D eigenvalue weighted by molar-refractivity contribution is -0.274. The summed E-state index contributed by atoms with van der Waals surface area (Å²) in [6.45, 7) is 3.72. The zero-order valence-electron chi connectivity index (χ0n) is 14.7. The maximum Gasteiger partial charge on any atom is 0.573 e. The normalized spacial score (nSPS) is 11.3. The van der Waals surface area contributed by atoms with Crippen LogP contribution in [0, 0.1) is 13.8 Å². The fourth-order valence-electron chi connectivity index (χ4n) is 2.61. The Labute approximate surface area is 154 Å². The molecule has 3 rings (SSSR count). The second-order valence-corrected chi connectivity index (χ2v) is 5.96. The molecule has 0 amide bonds. The van der Waals surface area contributed by atoms with E-state index in [2.05, 4.69) is 14.7 Å². The minimum Gasteiger partial charge on any atom is -0.486 e. The van der Waals surface area contributed by atoms with Gasteiger partial charge in [-0.2, -0.15) is 0 Å². The summed E-state index contributed by atoms with van der Waals surface area (Å²) in [6.07, 6.45) is -1.44. The first-order valence-electron chi connectivity index (χ1n) is 8.18. The van der Waals surface area contributed by atoms with Gasteiger partial charge in [-0.3, -0.25) is 0 Å². The fraction of sp³-hybridized carbons (Fsp3) is 0.200. The molecule has 0 radical (unpaired) electrons. The van der Waals surface area contributed by atoms with Crippen molar-refractivity contribution in [1.29, 1.82) is 0 Å². The van der Waals surface area contributed by atoms with Crippen LogP contribution in [0.3, 0.4) is 0 Å². The van der Waals surface area contributed by atoms with Gasteiger partial charge in [-0.25, -0.2) is 9.97 Å². The topological polar surface area (TPSA) is 44.2 Å². The number of aryl methyl sites for hydroxylation is 2. The minimum atomic E-state index is -4.71. The summed E-state index contributed by atoms with van der Waals surface area (Å²) in [4.78, 5) is 8.20. The van der Waals surface area contributed by atoms with Gasteiger partial charge in [0.2, 0.25) is 0 Å². The van der Waals surface area contributed by atoms with Gasteiger partial charge in [0.1, 0.15) is 18.1 Å². The van der Waals surface area contributed by atoms with Crippen molar-refractivity contribution in [3.05, 3.63) is 71.8 Å². The summed E-state index contributed by atoms with van der Waals surface area (Å²) in [6, 6.07) is 11.9. The van der Waals surface area contributed by atoms with E-state index in [-0.39, 0.29) is 12.4 Å². The summed E-state index contributed by atoms with van der Waals surface area (Å²) in [5, 5.41) is 0. The molecule has 0 bridgehead atoms. The third-order valence-electron chi connectivity index (χ3n) is 3.91. The molecule has 0 aliphatic rings. The third kappa shape index (κ3) is 4.97. The van der Waals surface area contributed by atoms with Crippen LogP contribution in [0.2, 0.25) is 0 Å². The Hall–Kier alpha value is -3.09. The molecule has 0 aliphatic carbocycles. The molecular formula is C20H17F3N2O2. The van der Waals surface area contributed by atoms with E-state index in [0.29, 0.717) is 17.1 Å². The molecule has 1 heterocycles. The van der Waals surface area contributed by atoms with Gasteiger partial charge in [-0.1, -0.05) is 12.1 Å². The Bertz CT molecular complexity index is 928. The number of nitrogens with zero attached hydrogens (tertiary/aromatic N) is 2. The standard InChI is InChI=1S/C20H17F3N2O2/c1-13-4-6-16(26-12-19-24-8-3-9-25-19)11-17(13)15-5-7-18(14(2)10-15)27-20(21,22)23/h3-11H,12H2,1-2H3. The molecule has 0 saturated carbocycles. The highest BCUT2D eigenvalue weighted by Gasteiger charge is 2.31. The van der Waals surface area contributed by atoms with E-state index in [4.69, 9.17) is 4.74 Å². The molecule has 0 atom stereocenters. The van der Waals surface area contributed by atoms with E-state index in [0.717, 1.165) is 16.7 Å². The number of hydrogen-bond donors (Lipinski definition) is 0. The quantitative estimate of drug-likeness (QED) is 0.613. The number of rotatable bonds is 5. The fourth-order valence-corrected chi connectivity index (χ4v) is 2.61. The lowest BCUT2D eigenvalue weighted by atomic mass is 9.98. The van der Waals surface area contributed by atoms with Crippen molar-refractivity contribution in [2.75, 3.05) is 0 Å². The van der Waals surface area contributed by atoms with E-state index >= 15 is 0 Å². The van der Waals surface area contributed by atoms with Crippen LogP contribution in [-0.2, 0) is 6.61 Å². The first-order valence-corrected chi connectivity index (χ1v) is 8.18. The number of halogens is 3. The number of ether oxygens (including phenoxy) is 2. The summed E-state index contributed by atoms with van der Waals surface area (Å²) < 4.78 is 47.1. The highest BCUT2D eigenvalue weighted by atomic mass is 19.4. The van der Waals surface area contributed by atoms with Crippen LogP contribution in [0.15, 0.2) is 54.9 Å². The van der Waals surface area contributed by atoms with E-state index in [1.54, 1.807) is 37.5 Å². The summed E-state index contributed by atoms with van der Waals surface area (Å²) in [5.41, 5.74) is 3.01. The van der Waals surface area contributed by atoms with Crippen molar-refractivity contribution < 1.29 is 22.6 Å². The maximum absolute atomic E-state index is 12.4. The van der Waals surface area contributed by atoms with Crippen LogP contribution >= 0.6 is 0 Å². The van der Waals surface area contributed by atoms with Crippen molar-refractivity contribution in [3.8, 4) is 22.6 Å². The highest BCUT2D eigenvalue weighted by Crippen LogP contribution is 2.33. The SMILES string of the molecule is Cc1cc(-c2cc(OCc3ncccn3)ccc2C)ccc1OC(F)(F)F. The number of aromatic nitrogens is 2. The van der Waals surface area contributed by atoms with Crippen LogP contribution in [0.25, 0.3) is 11.1 Å². The summed E-state index contributed by atoms with van der Waals surface area (Å²) in [5.74, 6) is 0.970. The monoisotopic (exact) mass is 374 g/mol. The molecule has 140 valence electrons. The second-order valence-electron chi connectivity index (χ2n) is 5.96. The van der Waals surface area contributed by atoms with Gasteiger partial charge in [0, 0.05) is 12.4 Å². The Morgan fingerprint density at radius 1 is 0.926 bits per heavy atom. The predicted octanol–water partition coefficient (Wildman–Crippen LogP) is 5.24. The lowest BCUT2D eigenvalue weighted by Gasteiger charge is -2.14. The maximum atomic E-state index is 12.4. The Balaban J connectivity index is 1.82. The molecule has 0 spiro atoms. The summed E-state index contributed by atoms with van der Waals surface area (Å²) >= 11 is 0. The molecule has 0 fully saturated rings. The lowest BCUT2D eigenvalue weighted by Crippen LogP contribution is -2.17. The van der Waals surface area contributed by atoms with Crippen molar-refractivity contribution in [2.45, 2.75) is 26.8 Å². The van der Waals surface area contributed by atoms with E-state index in [9.17, 15) is 13.2 Å². The van der Waals surface area contributed by atoms with Crippen LogP contribution in [-0.4, -0.2) is 16.3 Å². The van der Waals surface area contributed by atoms with Crippen molar-refractivity contribution in [3.63, 3.8) is 0 Å². The van der Waals surface area contributed by atoms with Crippen molar-refractivity contribution in [1.82, 2.24) is 9.97 Å². The van der Waals surface area contributed by atoms with Gasteiger partial charge in [0.25, 0.3) is 0 Å². The molecular weight excluding hydrogens is 357 g/mol. The zero-order chi connectivity index (χ0) is 19.4. The molecule has 1 aromatic heterocycles. The molecule has 3 aromatic rings. The van der Waals surface area contributed by atoms with E-state index < -0.39 is 6.36 Å². The second kappa shape index (κ2) is 7.65. The van der Waals surface area contributed by atoms with Crippen LogP contribution in [0.5, 0.6) is 11.5 Å². The Morgan fingerprint density at radius 2 is 1.67 bits per heavy atom. The minimum absolute atomic E-state index is 0.211. The van der Waals surface area contributed by atoms with E-state index in [1.165, 1.54) is 6.07 Å². The highest BCUT2D eigenvalue weighted by molar-refractivity contribution is 5.70. The first-order chi connectivity index (χ1) is 12.8. The molecule has 0 N–H and O–H groups in total. The predicted molar refractivity (Wildman–Crippen MR) is 94.4 cm³/mol. The van der Waals surface area contributed by atoms with Gasteiger partial charge in [-0.15, -0.1) is 13.2 Å². The van der Waals surface area contributed by atoms with Crippen molar-refractivity contribution >= 4 is 0 Å². The average Bonchev–Trinajstić information content (AvgIpc) is 2.63. The molecule has 0 unspecified atom stereocenters. The molecule has 27 heavy (non-hydrogen) atoms. The van der Waals surface area contributed by atoms with Gasteiger partial charge < -0.3 is 9.47 Å². The van der Waals surface area contributed by atoms with Gasteiger partial charge in [0.05, 0.1) is 0 Å². The van der Waals surface area contributed by atoms with Gasteiger partial charge in [0.15, 0.2) is 5.82 Å². The van der Waals surface area contributed by atoms with Crippen LogP contribution in [0.4, 0.5) is 13.2 Å². The Morgan fingerprint density at radius 3 is 2.33 bits per heavy atom. The number of benzene rings is 2. The summed E-state index contributed by atoms with van der Waals surface area (Å²) in [7, 11) is 0. The molecule has 4 nitrogen and oxygen atoms in total. The molecule has 0 aliphatic heterocycles.